The third kappa shape index (κ3) is 5.18. The molecule has 128 valence electrons. The van der Waals surface area contributed by atoms with Gasteiger partial charge in [-0.25, -0.2) is 9.59 Å². The molecule has 4 N–H and O–H groups in total. The van der Waals surface area contributed by atoms with E-state index < -0.39 is 24.1 Å². The second-order valence-electron chi connectivity index (χ2n) is 5.18. The van der Waals surface area contributed by atoms with Crippen molar-refractivity contribution in [3.05, 3.63) is 29.8 Å². The van der Waals surface area contributed by atoms with Crippen LogP contribution in [-0.2, 0) is 4.79 Å². The minimum Gasteiger partial charge on any atom is -0.479 e. The van der Waals surface area contributed by atoms with Crippen LogP contribution in [-0.4, -0.2) is 43.7 Å². The smallest absolute Gasteiger partial charge is 0.337 e. The van der Waals surface area contributed by atoms with E-state index in [1.165, 1.54) is 11.8 Å². The summed E-state index contributed by atoms with van der Waals surface area (Å²) in [6, 6.07) is 7.20. The van der Waals surface area contributed by atoms with Crippen molar-refractivity contribution in [3.63, 3.8) is 0 Å². The maximum absolute atomic E-state index is 11.7. The number of benzene rings is 1. The fourth-order valence-corrected chi connectivity index (χ4v) is 2.89. The monoisotopic (exact) mass is 368 g/mol. The predicted octanol–water partition coefficient (Wildman–Crippen LogP) is 1.95. The third-order valence-electron chi connectivity index (χ3n) is 2.91. The quantitative estimate of drug-likeness (QED) is 0.614. The largest absolute Gasteiger partial charge is 0.479 e. The van der Waals surface area contributed by atoms with Gasteiger partial charge in [-0.2, -0.15) is 9.36 Å². The summed E-state index contributed by atoms with van der Waals surface area (Å²) in [7, 11) is 0. The van der Waals surface area contributed by atoms with Crippen LogP contribution in [0.4, 0.5) is 9.93 Å². The molecular weight excluding hydrogens is 352 g/mol. The van der Waals surface area contributed by atoms with Gasteiger partial charge in [0.15, 0.2) is 5.60 Å². The lowest BCUT2D eigenvalue weighted by Crippen LogP contribution is -2.47. The molecule has 8 nitrogen and oxygen atoms in total. The van der Waals surface area contributed by atoms with Crippen molar-refractivity contribution < 1.29 is 19.8 Å². The van der Waals surface area contributed by atoms with Crippen molar-refractivity contribution in [1.82, 2.24) is 14.7 Å². The topological polar surface area (TPSA) is 124 Å². The van der Waals surface area contributed by atoms with Gasteiger partial charge in [-0.3, -0.25) is 5.32 Å². The van der Waals surface area contributed by atoms with Crippen molar-refractivity contribution in [1.29, 1.82) is 0 Å². The Kier molecular flexibility index (Phi) is 5.75. The molecule has 0 aliphatic rings. The summed E-state index contributed by atoms with van der Waals surface area (Å²) in [4.78, 5) is 27.6. The summed E-state index contributed by atoms with van der Waals surface area (Å²) in [5.41, 5.74) is -0.882. The molecule has 2 aromatic rings. The molecule has 0 spiro atoms. The van der Waals surface area contributed by atoms with E-state index in [0.29, 0.717) is 5.16 Å². The van der Waals surface area contributed by atoms with Gasteiger partial charge in [0, 0.05) is 16.4 Å². The zero-order chi connectivity index (χ0) is 17.7. The SMILES string of the molecule is Cc1ccc(Sc2nsc(NC(=O)NCC(C)(O)C(=O)O)n2)cc1. The van der Waals surface area contributed by atoms with Gasteiger partial charge in [0.2, 0.25) is 10.3 Å². The first-order valence-corrected chi connectivity index (χ1v) is 8.44. The van der Waals surface area contributed by atoms with Gasteiger partial charge in [-0.05, 0) is 37.7 Å². The number of nitrogens with zero attached hydrogens (tertiary/aromatic N) is 2. The number of carbonyl (C=O) groups is 2. The maximum Gasteiger partial charge on any atom is 0.337 e. The molecule has 1 aromatic carbocycles. The van der Waals surface area contributed by atoms with E-state index in [9.17, 15) is 14.7 Å². The highest BCUT2D eigenvalue weighted by atomic mass is 32.2. The van der Waals surface area contributed by atoms with Crippen LogP contribution in [0.25, 0.3) is 0 Å². The summed E-state index contributed by atoms with van der Waals surface area (Å²) in [6.45, 7) is 2.66. The second-order valence-corrected chi connectivity index (χ2v) is 6.98. The van der Waals surface area contributed by atoms with E-state index in [-0.39, 0.29) is 5.13 Å². The van der Waals surface area contributed by atoms with Crippen molar-refractivity contribution in [3.8, 4) is 0 Å². The molecule has 1 atom stereocenters. The van der Waals surface area contributed by atoms with E-state index in [1.807, 2.05) is 31.2 Å². The Balaban J connectivity index is 1.88. The normalized spacial score (nSPS) is 13.1. The summed E-state index contributed by atoms with van der Waals surface area (Å²) in [5, 5.41) is 23.8. The van der Waals surface area contributed by atoms with Crippen LogP contribution in [0.5, 0.6) is 0 Å². The molecule has 10 heteroatoms. The Morgan fingerprint density at radius 2 is 2.00 bits per heavy atom. The van der Waals surface area contributed by atoms with Crippen LogP contribution in [0.2, 0.25) is 0 Å². The number of rotatable bonds is 6. The number of amides is 2. The number of carboxylic acid groups (broad SMARTS) is 1. The molecule has 0 aliphatic carbocycles. The molecule has 0 radical (unpaired) electrons. The number of aryl methyl sites for hydroxylation is 1. The summed E-state index contributed by atoms with van der Waals surface area (Å²) in [5.74, 6) is -1.42. The van der Waals surface area contributed by atoms with E-state index in [1.54, 1.807) is 0 Å². The number of hydrogen-bond acceptors (Lipinski definition) is 7. The summed E-state index contributed by atoms with van der Waals surface area (Å²) in [6.07, 6.45) is 0. The molecule has 1 aromatic heterocycles. The van der Waals surface area contributed by atoms with Gasteiger partial charge in [-0.1, -0.05) is 17.7 Å². The average molecular weight is 368 g/mol. The number of anilines is 1. The predicted molar refractivity (Wildman–Crippen MR) is 90.5 cm³/mol. The van der Waals surface area contributed by atoms with E-state index in [0.717, 1.165) is 28.9 Å². The van der Waals surface area contributed by atoms with Crippen LogP contribution in [0.15, 0.2) is 34.3 Å². The first-order valence-electron chi connectivity index (χ1n) is 6.85. The molecule has 0 bridgehead atoms. The summed E-state index contributed by atoms with van der Waals surface area (Å²) >= 11 is 2.37. The van der Waals surface area contributed by atoms with Gasteiger partial charge >= 0.3 is 12.0 Å². The standard InChI is InChI=1S/C14H16N4O4S2/c1-8-3-5-9(6-4-8)23-13-17-12(24-18-13)16-11(21)15-7-14(2,22)10(19)20/h3-6,22H,7H2,1-2H3,(H,19,20)(H2,15,16,17,18,21). The fraction of sp³-hybridized carbons (Fsp3) is 0.286. The average Bonchev–Trinajstić information content (AvgIpc) is 2.94. The Hall–Kier alpha value is -2.17. The van der Waals surface area contributed by atoms with Gasteiger partial charge < -0.3 is 15.5 Å². The Bertz CT molecular complexity index is 731. The highest BCUT2D eigenvalue weighted by molar-refractivity contribution is 7.99. The van der Waals surface area contributed by atoms with E-state index >= 15 is 0 Å². The van der Waals surface area contributed by atoms with Crippen molar-refractivity contribution >= 4 is 40.4 Å². The Labute approximate surface area is 146 Å². The lowest BCUT2D eigenvalue weighted by molar-refractivity contribution is -0.155. The van der Waals surface area contributed by atoms with Crippen LogP contribution >= 0.6 is 23.3 Å². The van der Waals surface area contributed by atoms with Gasteiger partial charge in [0.1, 0.15) is 0 Å². The molecule has 1 unspecified atom stereocenters. The Morgan fingerprint density at radius 3 is 2.62 bits per heavy atom. The van der Waals surface area contributed by atoms with Crippen molar-refractivity contribution in [2.75, 3.05) is 11.9 Å². The van der Waals surface area contributed by atoms with Crippen LogP contribution in [0.3, 0.4) is 0 Å². The number of nitrogens with one attached hydrogen (secondary N) is 2. The first kappa shape index (κ1) is 18.2. The number of carbonyl (C=O) groups excluding carboxylic acids is 1. The number of aliphatic carboxylic acids is 1. The lowest BCUT2D eigenvalue weighted by Gasteiger charge is -2.17. The zero-order valence-corrected chi connectivity index (χ0v) is 14.6. The molecule has 0 saturated heterocycles. The maximum atomic E-state index is 11.7. The van der Waals surface area contributed by atoms with Crippen LogP contribution in [0.1, 0.15) is 12.5 Å². The minimum absolute atomic E-state index is 0.275. The van der Waals surface area contributed by atoms with Crippen molar-refractivity contribution in [2.24, 2.45) is 0 Å². The highest BCUT2D eigenvalue weighted by Gasteiger charge is 2.30. The van der Waals surface area contributed by atoms with Gasteiger partial charge in [0.05, 0.1) is 6.54 Å². The molecule has 24 heavy (non-hydrogen) atoms. The Morgan fingerprint density at radius 1 is 1.33 bits per heavy atom. The third-order valence-corrected chi connectivity index (χ3v) is 4.53. The fourth-order valence-electron chi connectivity index (χ4n) is 1.48. The molecule has 0 aliphatic heterocycles. The molecule has 2 rings (SSSR count). The van der Waals surface area contributed by atoms with Gasteiger partial charge in [-0.15, -0.1) is 0 Å². The molecular formula is C14H16N4O4S2. The molecule has 2 amide bonds. The van der Waals surface area contributed by atoms with E-state index in [4.69, 9.17) is 5.11 Å². The molecule has 1 heterocycles. The highest BCUT2D eigenvalue weighted by Crippen LogP contribution is 2.27. The van der Waals surface area contributed by atoms with Crippen LogP contribution in [0, 0.1) is 6.92 Å². The first-order chi connectivity index (χ1) is 11.3. The van der Waals surface area contributed by atoms with Crippen molar-refractivity contribution in [2.45, 2.75) is 29.5 Å². The van der Waals surface area contributed by atoms with Crippen LogP contribution < -0.4 is 10.6 Å². The number of carboxylic acids is 1. The molecule has 0 fully saturated rings. The number of hydrogen-bond donors (Lipinski definition) is 4. The number of aliphatic hydroxyl groups is 1. The zero-order valence-electron chi connectivity index (χ0n) is 12.9. The van der Waals surface area contributed by atoms with Gasteiger partial charge in [0.25, 0.3) is 0 Å². The number of aromatic nitrogens is 2. The lowest BCUT2D eigenvalue weighted by atomic mass is 10.1. The number of urea groups is 1. The van der Waals surface area contributed by atoms with E-state index in [2.05, 4.69) is 20.0 Å². The second kappa shape index (κ2) is 7.60. The molecule has 0 saturated carbocycles. The minimum atomic E-state index is -2.04. The summed E-state index contributed by atoms with van der Waals surface area (Å²) < 4.78 is 4.13.